The van der Waals surface area contributed by atoms with Crippen molar-refractivity contribution in [3.05, 3.63) is 17.0 Å². The molecule has 6 heteroatoms. The number of aryl methyl sites for hydroxylation is 1. The maximum absolute atomic E-state index is 12.3. The van der Waals surface area contributed by atoms with Gasteiger partial charge in [0.15, 0.2) is 5.69 Å². The van der Waals surface area contributed by atoms with Gasteiger partial charge in [-0.05, 0) is 26.2 Å². The molecular formula is C13H18N2O4. The minimum Gasteiger partial charge on any atom is -0.481 e. The number of carbonyl (C=O) groups is 2. The molecule has 0 aliphatic heterocycles. The van der Waals surface area contributed by atoms with Gasteiger partial charge in [0.05, 0.1) is 6.42 Å². The van der Waals surface area contributed by atoms with E-state index in [1.54, 1.807) is 0 Å². The van der Waals surface area contributed by atoms with Crippen molar-refractivity contribution in [3.63, 3.8) is 0 Å². The molecule has 0 unspecified atom stereocenters. The summed E-state index contributed by atoms with van der Waals surface area (Å²) in [6.45, 7) is 2.49. The van der Waals surface area contributed by atoms with Crippen LogP contribution in [0.4, 0.5) is 0 Å². The Morgan fingerprint density at radius 2 is 2.11 bits per heavy atom. The van der Waals surface area contributed by atoms with Crippen LogP contribution in [-0.4, -0.2) is 40.1 Å². The second-order valence-electron chi connectivity index (χ2n) is 4.67. The molecule has 0 fully saturated rings. The molecule has 1 N–H and O–H groups in total. The fourth-order valence-electron chi connectivity index (χ4n) is 2.34. The number of rotatable bonds is 5. The van der Waals surface area contributed by atoms with Crippen LogP contribution in [0.2, 0.25) is 0 Å². The molecule has 0 saturated carbocycles. The van der Waals surface area contributed by atoms with Crippen LogP contribution in [0.1, 0.15) is 48.0 Å². The first-order valence-corrected chi connectivity index (χ1v) is 6.62. The molecule has 6 nitrogen and oxygen atoms in total. The number of hydrogen-bond acceptors (Lipinski definition) is 4. The van der Waals surface area contributed by atoms with Crippen LogP contribution in [0.25, 0.3) is 0 Å². The third-order valence-electron chi connectivity index (χ3n) is 3.42. The lowest BCUT2D eigenvalue weighted by atomic mass is 9.96. The molecule has 0 aromatic carbocycles. The minimum atomic E-state index is -0.909. The van der Waals surface area contributed by atoms with Gasteiger partial charge in [0, 0.05) is 25.1 Å². The number of aromatic nitrogens is 1. The number of carbonyl (C=O) groups excluding carboxylic acids is 1. The smallest absolute Gasteiger partial charge is 0.305 e. The van der Waals surface area contributed by atoms with E-state index in [2.05, 4.69) is 5.16 Å². The first-order valence-electron chi connectivity index (χ1n) is 6.62. The SMILES string of the molecule is CCN(CCC(=O)O)C(=O)c1noc2c1CCCC2. The molecule has 1 aromatic rings. The summed E-state index contributed by atoms with van der Waals surface area (Å²) in [7, 11) is 0. The highest BCUT2D eigenvalue weighted by Gasteiger charge is 2.26. The third-order valence-corrected chi connectivity index (χ3v) is 3.42. The Labute approximate surface area is 111 Å². The van der Waals surface area contributed by atoms with E-state index in [9.17, 15) is 9.59 Å². The van der Waals surface area contributed by atoms with Crippen LogP contribution in [0.15, 0.2) is 4.52 Å². The van der Waals surface area contributed by atoms with Gasteiger partial charge in [0.25, 0.3) is 5.91 Å². The molecule has 0 bridgehead atoms. The zero-order valence-electron chi connectivity index (χ0n) is 11.0. The standard InChI is InChI=1S/C13H18N2O4/c1-2-15(8-7-11(16)17)13(18)12-9-5-3-4-6-10(9)19-14-12/h2-8H2,1H3,(H,16,17). The van der Waals surface area contributed by atoms with E-state index in [1.165, 1.54) is 4.90 Å². The van der Waals surface area contributed by atoms with Crippen LogP contribution >= 0.6 is 0 Å². The van der Waals surface area contributed by atoms with Gasteiger partial charge >= 0.3 is 5.97 Å². The summed E-state index contributed by atoms with van der Waals surface area (Å²) in [5, 5.41) is 12.6. The maximum Gasteiger partial charge on any atom is 0.305 e. The maximum atomic E-state index is 12.3. The summed E-state index contributed by atoms with van der Waals surface area (Å²) in [6.07, 6.45) is 3.69. The summed E-state index contributed by atoms with van der Waals surface area (Å²) in [5.41, 5.74) is 1.27. The van der Waals surface area contributed by atoms with E-state index in [1.807, 2.05) is 6.92 Å². The van der Waals surface area contributed by atoms with Crippen LogP contribution in [0, 0.1) is 0 Å². The minimum absolute atomic E-state index is 0.0559. The summed E-state index contributed by atoms with van der Waals surface area (Å²) < 4.78 is 5.21. The number of carboxylic acid groups (broad SMARTS) is 1. The highest BCUT2D eigenvalue weighted by molar-refractivity contribution is 5.94. The molecule has 104 valence electrons. The summed E-state index contributed by atoms with van der Waals surface area (Å²) in [4.78, 5) is 24.4. The van der Waals surface area contributed by atoms with Crippen LogP contribution in [-0.2, 0) is 17.6 Å². The fraction of sp³-hybridized carbons (Fsp3) is 0.615. The number of hydrogen-bond donors (Lipinski definition) is 1. The highest BCUT2D eigenvalue weighted by Crippen LogP contribution is 2.25. The largest absolute Gasteiger partial charge is 0.481 e. The van der Waals surface area contributed by atoms with Gasteiger partial charge in [0.1, 0.15) is 5.76 Å². The zero-order chi connectivity index (χ0) is 13.8. The number of aliphatic carboxylic acids is 1. The van der Waals surface area contributed by atoms with Crippen molar-refractivity contribution < 1.29 is 19.2 Å². The third kappa shape index (κ3) is 2.94. The van der Waals surface area contributed by atoms with E-state index in [0.717, 1.165) is 37.0 Å². The Hall–Kier alpha value is -1.85. The summed E-state index contributed by atoms with van der Waals surface area (Å²) in [5.74, 6) is -0.326. The molecular weight excluding hydrogens is 248 g/mol. The Balaban J connectivity index is 2.13. The Morgan fingerprint density at radius 3 is 2.79 bits per heavy atom. The van der Waals surface area contributed by atoms with Crippen molar-refractivity contribution in [2.24, 2.45) is 0 Å². The molecule has 0 spiro atoms. The second kappa shape index (κ2) is 5.86. The average molecular weight is 266 g/mol. The molecule has 0 atom stereocenters. The lowest BCUT2D eigenvalue weighted by molar-refractivity contribution is -0.137. The quantitative estimate of drug-likeness (QED) is 0.872. The molecule has 2 rings (SSSR count). The normalized spacial score (nSPS) is 13.9. The molecule has 1 aromatic heterocycles. The molecule has 1 aliphatic rings. The monoisotopic (exact) mass is 266 g/mol. The number of carboxylic acids is 1. The van der Waals surface area contributed by atoms with Crippen LogP contribution in [0.5, 0.6) is 0 Å². The summed E-state index contributed by atoms with van der Waals surface area (Å²) >= 11 is 0. The number of nitrogens with zero attached hydrogens (tertiary/aromatic N) is 2. The molecule has 1 heterocycles. The fourth-order valence-corrected chi connectivity index (χ4v) is 2.34. The first-order chi connectivity index (χ1) is 9.13. The lowest BCUT2D eigenvalue weighted by Crippen LogP contribution is -2.33. The van der Waals surface area contributed by atoms with Gasteiger partial charge < -0.3 is 14.5 Å². The number of amides is 1. The van der Waals surface area contributed by atoms with Crippen LogP contribution < -0.4 is 0 Å². The van der Waals surface area contributed by atoms with Gasteiger partial charge in [0.2, 0.25) is 0 Å². The van der Waals surface area contributed by atoms with Gasteiger partial charge in [-0.25, -0.2) is 0 Å². The molecule has 0 radical (unpaired) electrons. The highest BCUT2D eigenvalue weighted by atomic mass is 16.5. The average Bonchev–Trinajstić information content (AvgIpc) is 2.82. The second-order valence-corrected chi connectivity index (χ2v) is 4.67. The zero-order valence-corrected chi connectivity index (χ0v) is 11.0. The topological polar surface area (TPSA) is 83.6 Å². The Morgan fingerprint density at radius 1 is 1.37 bits per heavy atom. The van der Waals surface area contributed by atoms with Crippen LogP contribution in [0.3, 0.4) is 0 Å². The first kappa shape index (κ1) is 13.6. The van der Waals surface area contributed by atoms with Crippen molar-refractivity contribution in [1.82, 2.24) is 10.1 Å². The van der Waals surface area contributed by atoms with Crippen molar-refractivity contribution in [2.45, 2.75) is 39.0 Å². The Bertz CT molecular complexity index is 481. The van der Waals surface area contributed by atoms with E-state index < -0.39 is 5.97 Å². The molecule has 1 amide bonds. The van der Waals surface area contributed by atoms with E-state index in [0.29, 0.717) is 12.2 Å². The van der Waals surface area contributed by atoms with E-state index >= 15 is 0 Å². The van der Waals surface area contributed by atoms with E-state index in [4.69, 9.17) is 9.63 Å². The van der Waals surface area contributed by atoms with E-state index in [-0.39, 0.29) is 18.9 Å². The predicted octanol–water partition coefficient (Wildman–Crippen LogP) is 1.49. The Kier molecular flexibility index (Phi) is 4.19. The van der Waals surface area contributed by atoms with Crippen molar-refractivity contribution >= 4 is 11.9 Å². The van der Waals surface area contributed by atoms with Crippen molar-refractivity contribution in [2.75, 3.05) is 13.1 Å². The van der Waals surface area contributed by atoms with Gasteiger partial charge in [-0.15, -0.1) is 0 Å². The van der Waals surface area contributed by atoms with Gasteiger partial charge in [-0.2, -0.15) is 0 Å². The predicted molar refractivity (Wildman–Crippen MR) is 67.0 cm³/mol. The molecule has 0 saturated heterocycles. The van der Waals surface area contributed by atoms with Crippen molar-refractivity contribution in [1.29, 1.82) is 0 Å². The van der Waals surface area contributed by atoms with Crippen molar-refractivity contribution in [3.8, 4) is 0 Å². The molecule has 1 aliphatic carbocycles. The summed E-state index contributed by atoms with van der Waals surface area (Å²) in [6, 6.07) is 0. The lowest BCUT2D eigenvalue weighted by Gasteiger charge is -2.19. The van der Waals surface area contributed by atoms with Gasteiger partial charge in [-0.3, -0.25) is 9.59 Å². The molecule has 19 heavy (non-hydrogen) atoms. The number of fused-ring (bicyclic) bond motifs is 1. The van der Waals surface area contributed by atoms with Gasteiger partial charge in [-0.1, -0.05) is 5.16 Å².